The number of benzene rings is 1. The van der Waals surface area contributed by atoms with Gasteiger partial charge in [0.15, 0.2) is 0 Å². The maximum atomic E-state index is 2.44. The van der Waals surface area contributed by atoms with Crippen LogP contribution in [0.4, 0.5) is 0 Å². The largest absolute Gasteiger partial charge is 0.0697 e. The molecule has 0 heteroatoms. The van der Waals surface area contributed by atoms with Gasteiger partial charge in [0.25, 0.3) is 0 Å². The summed E-state index contributed by atoms with van der Waals surface area (Å²) in [4.78, 5) is 0. The van der Waals surface area contributed by atoms with Gasteiger partial charge in [-0.2, -0.15) is 0 Å². The standard InChI is InChI=1S/C20H22/c1-4-16-11-18-9-15(3)10-19(20(18)13-16)12-17-7-5-14(2)6-8-17/h5-11,13,20H,4,12H2,1-3H3. The van der Waals surface area contributed by atoms with Crippen LogP contribution in [0.15, 0.2) is 70.9 Å². The van der Waals surface area contributed by atoms with E-state index in [9.17, 15) is 0 Å². The molecule has 0 nitrogen and oxygen atoms in total. The Kier molecular flexibility index (Phi) is 3.48. The third-order valence-corrected chi connectivity index (χ3v) is 4.24. The summed E-state index contributed by atoms with van der Waals surface area (Å²) >= 11 is 0. The lowest BCUT2D eigenvalue weighted by Gasteiger charge is -2.21. The maximum Gasteiger partial charge on any atom is 0.0240 e. The number of hydrogen-bond acceptors (Lipinski definition) is 0. The zero-order valence-corrected chi connectivity index (χ0v) is 12.6. The Balaban J connectivity index is 1.89. The maximum absolute atomic E-state index is 2.44. The third kappa shape index (κ3) is 2.56. The predicted octanol–water partition coefficient (Wildman–Crippen LogP) is 5.32. The molecule has 0 heterocycles. The molecule has 0 aliphatic heterocycles. The highest BCUT2D eigenvalue weighted by Crippen LogP contribution is 2.38. The van der Waals surface area contributed by atoms with E-state index in [1.165, 1.54) is 33.4 Å². The molecule has 0 spiro atoms. The first kappa shape index (κ1) is 13.2. The number of hydrogen-bond donors (Lipinski definition) is 0. The lowest BCUT2D eigenvalue weighted by molar-refractivity contribution is 0.864. The molecule has 1 unspecified atom stereocenters. The minimum atomic E-state index is 0.509. The molecule has 0 saturated carbocycles. The van der Waals surface area contributed by atoms with Crippen LogP contribution in [-0.4, -0.2) is 0 Å². The first-order valence-corrected chi connectivity index (χ1v) is 7.52. The van der Waals surface area contributed by atoms with Crippen molar-refractivity contribution in [1.29, 1.82) is 0 Å². The summed E-state index contributed by atoms with van der Waals surface area (Å²) in [7, 11) is 0. The van der Waals surface area contributed by atoms with Gasteiger partial charge in [-0.05, 0) is 37.8 Å². The Morgan fingerprint density at radius 3 is 2.40 bits per heavy atom. The number of allylic oxidation sites excluding steroid dienone is 8. The summed E-state index contributed by atoms with van der Waals surface area (Å²) in [6.45, 7) is 6.58. The Morgan fingerprint density at radius 2 is 1.70 bits per heavy atom. The van der Waals surface area contributed by atoms with Crippen LogP contribution in [0.2, 0.25) is 0 Å². The minimum absolute atomic E-state index is 0.509. The second kappa shape index (κ2) is 5.28. The Labute approximate surface area is 122 Å². The molecule has 0 saturated heterocycles. The van der Waals surface area contributed by atoms with E-state index < -0.39 is 0 Å². The second-order valence-corrected chi connectivity index (χ2v) is 5.99. The highest BCUT2D eigenvalue weighted by atomic mass is 14.3. The first-order valence-electron chi connectivity index (χ1n) is 7.52. The van der Waals surface area contributed by atoms with Gasteiger partial charge in [0.2, 0.25) is 0 Å². The summed E-state index contributed by atoms with van der Waals surface area (Å²) < 4.78 is 0. The van der Waals surface area contributed by atoms with Gasteiger partial charge in [-0.15, -0.1) is 0 Å². The van der Waals surface area contributed by atoms with Crippen molar-refractivity contribution in [1.82, 2.24) is 0 Å². The number of aryl methyl sites for hydroxylation is 1. The SMILES string of the molecule is CCC1=CC2C(=C1)C=C(C)C=C2Cc1ccc(C)cc1. The van der Waals surface area contributed by atoms with E-state index in [2.05, 4.69) is 69.3 Å². The van der Waals surface area contributed by atoms with Gasteiger partial charge in [-0.25, -0.2) is 0 Å². The summed E-state index contributed by atoms with van der Waals surface area (Å²) in [6, 6.07) is 8.93. The van der Waals surface area contributed by atoms with Crippen LogP contribution < -0.4 is 0 Å². The molecule has 0 fully saturated rings. The van der Waals surface area contributed by atoms with E-state index in [1.807, 2.05) is 0 Å². The van der Waals surface area contributed by atoms with Gasteiger partial charge >= 0.3 is 0 Å². The fraction of sp³-hybridized carbons (Fsp3) is 0.300. The van der Waals surface area contributed by atoms with Crippen LogP contribution in [0.3, 0.4) is 0 Å². The molecule has 1 aromatic rings. The van der Waals surface area contributed by atoms with Crippen LogP contribution in [0.1, 0.15) is 31.4 Å². The molecule has 0 aromatic heterocycles. The van der Waals surface area contributed by atoms with Crippen LogP contribution in [-0.2, 0) is 6.42 Å². The van der Waals surface area contributed by atoms with Gasteiger partial charge in [0.05, 0.1) is 0 Å². The topological polar surface area (TPSA) is 0 Å². The van der Waals surface area contributed by atoms with Gasteiger partial charge in [-0.1, -0.05) is 77.8 Å². The monoisotopic (exact) mass is 262 g/mol. The average molecular weight is 262 g/mol. The fourth-order valence-electron chi connectivity index (χ4n) is 3.12. The first-order chi connectivity index (χ1) is 9.65. The molecule has 2 aliphatic rings. The van der Waals surface area contributed by atoms with Crippen molar-refractivity contribution in [3.8, 4) is 0 Å². The number of fused-ring (bicyclic) bond motifs is 1. The molecular formula is C20H22. The third-order valence-electron chi connectivity index (χ3n) is 4.24. The summed E-state index contributed by atoms with van der Waals surface area (Å²) in [5.74, 6) is 0.509. The van der Waals surface area contributed by atoms with Gasteiger partial charge in [0, 0.05) is 5.92 Å². The zero-order chi connectivity index (χ0) is 14.1. The lowest BCUT2D eigenvalue weighted by Crippen LogP contribution is -2.08. The molecule has 1 atom stereocenters. The van der Waals surface area contributed by atoms with Gasteiger partial charge in [-0.3, -0.25) is 0 Å². The normalized spacial score (nSPS) is 20.9. The van der Waals surface area contributed by atoms with E-state index in [-0.39, 0.29) is 0 Å². The Morgan fingerprint density at radius 1 is 0.950 bits per heavy atom. The van der Waals surface area contributed by atoms with Crippen LogP contribution in [0.5, 0.6) is 0 Å². The average Bonchev–Trinajstić information content (AvgIpc) is 2.84. The lowest BCUT2D eigenvalue weighted by atomic mass is 9.83. The molecule has 102 valence electrons. The zero-order valence-electron chi connectivity index (χ0n) is 12.6. The second-order valence-electron chi connectivity index (χ2n) is 5.99. The quantitative estimate of drug-likeness (QED) is 0.692. The van der Waals surface area contributed by atoms with Crippen molar-refractivity contribution in [2.75, 3.05) is 0 Å². The molecule has 0 N–H and O–H groups in total. The van der Waals surface area contributed by atoms with Crippen molar-refractivity contribution in [3.63, 3.8) is 0 Å². The van der Waals surface area contributed by atoms with E-state index in [0.29, 0.717) is 5.92 Å². The molecule has 0 bridgehead atoms. The van der Waals surface area contributed by atoms with Gasteiger partial charge in [0.1, 0.15) is 0 Å². The summed E-state index contributed by atoms with van der Waals surface area (Å²) in [5.41, 5.74) is 8.60. The minimum Gasteiger partial charge on any atom is -0.0697 e. The highest BCUT2D eigenvalue weighted by Gasteiger charge is 2.23. The predicted molar refractivity (Wildman–Crippen MR) is 86.7 cm³/mol. The molecule has 3 rings (SSSR count). The van der Waals surface area contributed by atoms with Gasteiger partial charge < -0.3 is 0 Å². The molecule has 0 amide bonds. The smallest absolute Gasteiger partial charge is 0.0240 e. The van der Waals surface area contributed by atoms with Crippen molar-refractivity contribution < 1.29 is 0 Å². The molecular weight excluding hydrogens is 240 g/mol. The van der Waals surface area contributed by atoms with Crippen LogP contribution in [0, 0.1) is 12.8 Å². The van der Waals surface area contributed by atoms with Crippen LogP contribution >= 0.6 is 0 Å². The van der Waals surface area contributed by atoms with Crippen molar-refractivity contribution in [3.05, 3.63) is 82.0 Å². The molecule has 2 aliphatic carbocycles. The highest BCUT2D eigenvalue weighted by molar-refractivity contribution is 5.53. The van der Waals surface area contributed by atoms with Crippen molar-refractivity contribution >= 4 is 0 Å². The molecule has 1 aromatic carbocycles. The Bertz CT molecular complexity index is 633. The summed E-state index contributed by atoms with van der Waals surface area (Å²) in [5, 5.41) is 0. The fourth-order valence-corrected chi connectivity index (χ4v) is 3.12. The molecule has 0 radical (unpaired) electrons. The Hall–Kier alpha value is -1.82. The molecule has 20 heavy (non-hydrogen) atoms. The van der Waals surface area contributed by atoms with E-state index in [4.69, 9.17) is 0 Å². The van der Waals surface area contributed by atoms with E-state index >= 15 is 0 Å². The van der Waals surface area contributed by atoms with Crippen molar-refractivity contribution in [2.45, 2.75) is 33.6 Å². The van der Waals surface area contributed by atoms with E-state index in [0.717, 1.165) is 12.8 Å². The van der Waals surface area contributed by atoms with Crippen molar-refractivity contribution in [2.24, 2.45) is 5.92 Å². The van der Waals surface area contributed by atoms with E-state index in [1.54, 1.807) is 0 Å². The number of rotatable bonds is 3. The van der Waals surface area contributed by atoms with Crippen LogP contribution in [0.25, 0.3) is 0 Å². The summed E-state index contributed by atoms with van der Waals surface area (Å²) in [6.07, 6.45) is 11.7.